The smallest absolute Gasteiger partial charge is 0.325 e. The summed E-state index contributed by atoms with van der Waals surface area (Å²) in [6.45, 7) is 1.06. The predicted octanol–water partition coefficient (Wildman–Crippen LogP) is 1.16. The third kappa shape index (κ3) is 5.00. The number of rotatable bonds is 5. The van der Waals surface area contributed by atoms with Gasteiger partial charge in [-0.1, -0.05) is 15.9 Å². The highest BCUT2D eigenvalue weighted by Crippen LogP contribution is 2.10. The number of halogens is 1. The molecule has 0 fully saturated rings. The number of amides is 2. The Morgan fingerprint density at radius 2 is 1.85 bits per heavy atom. The molecule has 1 N–H and O–H groups in total. The minimum atomic E-state index is -0.543. The molecule has 1 aromatic rings. The second-order valence-electron chi connectivity index (χ2n) is 3.96. The number of ether oxygens (including phenoxy) is 1. The molecular weight excluding hydrogens is 328 g/mol. The SMILES string of the molecule is COC(=O)CN(CNC(=O)c1ccc(Br)cc1)C(C)=O. The molecule has 0 spiro atoms. The Bertz CT molecular complexity index is 502. The van der Waals surface area contributed by atoms with Crippen LogP contribution in [0.5, 0.6) is 0 Å². The Balaban J connectivity index is 2.58. The summed E-state index contributed by atoms with van der Waals surface area (Å²) in [6, 6.07) is 6.79. The third-order valence-electron chi connectivity index (χ3n) is 2.53. The van der Waals surface area contributed by atoms with Crippen LogP contribution in [0.1, 0.15) is 17.3 Å². The van der Waals surface area contributed by atoms with E-state index in [1.54, 1.807) is 24.3 Å². The first kappa shape index (κ1) is 16.2. The fraction of sp³-hybridized carbons (Fsp3) is 0.308. The van der Waals surface area contributed by atoms with Crippen LogP contribution in [0.4, 0.5) is 0 Å². The Morgan fingerprint density at radius 3 is 2.35 bits per heavy atom. The number of carbonyl (C=O) groups is 3. The van der Waals surface area contributed by atoms with Gasteiger partial charge in [-0.05, 0) is 24.3 Å². The van der Waals surface area contributed by atoms with Crippen LogP contribution in [0.3, 0.4) is 0 Å². The Hall–Kier alpha value is -1.89. The number of nitrogens with zero attached hydrogens (tertiary/aromatic N) is 1. The van der Waals surface area contributed by atoms with Gasteiger partial charge in [0.2, 0.25) is 5.91 Å². The third-order valence-corrected chi connectivity index (χ3v) is 3.06. The highest BCUT2D eigenvalue weighted by molar-refractivity contribution is 9.10. The predicted molar refractivity (Wildman–Crippen MR) is 75.9 cm³/mol. The van der Waals surface area contributed by atoms with Gasteiger partial charge in [-0.3, -0.25) is 14.4 Å². The van der Waals surface area contributed by atoms with Crippen LogP contribution >= 0.6 is 15.9 Å². The summed E-state index contributed by atoms with van der Waals surface area (Å²) >= 11 is 3.27. The van der Waals surface area contributed by atoms with Gasteiger partial charge in [0.15, 0.2) is 0 Å². The van der Waals surface area contributed by atoms with Crippen LogP contribution < -0.4 is 5.32 Å². The zero-order valence-corrected chi connectivity index (χ0v) is 12.8. The summed E-state index contributed by atoms with van der Waals surface area (Å²) in [4.78, 5) is 35.5. The number of carbonyl (C=O) groups excluding carboxylic acids is 3. The van der Waals surface area contributed by atoms with Crippen LogP contribution in [-0.2, 0) is 14.3 Å². The van der Waals surface area contributed by atoms with Crippen molar-refractivity contribution in [2.45, 2.75) is 6.92 Å². The first-order chi connectivity index (χ1) is 9.43. The van der Waals surface area contributed by atoms with Gasteiger partial charge < -0.3 is 15.0 Å². The molecule has 0 aromatic heterocycles. The molecule has 2 amide bonds. The molecule has 0 atom stereocenters. The molecule has 1 aromatic carbocycles. The van der Waals surface area contributed by atoms with Crippen molar-refractivity contribution in [1.82, 2.24) is 10.2 Å². The largest absolute Gasteiger partial charge is 0.468 e. The summed E-state index contributed by atoms with van der Waals surface area (Å²) in [5.74, 6) is -1.20. The van der Waals surface area contributed by atoms with Crippen LogP contribution in [0.15, 0.2) is 28.7 Å². The molecule has 0 saturated carbocycles. The van der Waals surface area contributed by atoms with Crippen molar-refractivity contribution in [2.75, 3.05) is 20.3 Å². The molecule has 0 aliphatic carbocycles. The maximum atomic E-state index is 11.9. The van der Waals surface area contributed by atoms with Crippen LogP contribution in [0.2, 0.25) is 0 Å². The standard InChI is InChI=1S/C13H15BrN2O4/c1-9(17)16(7-12(18)20-2)8-15-13(19)10-3-5-11(14)6-4-10/h3-6H,7-8H2,1-2H3,(H,15,19). The molecule has 0 unspecified atom stereocenters. The van der Waals surface area contributed by atoms with E-state index in [-0.39, 0.29) is 25.0 Å². The number of methoxy groups -OCH3 is 1. The molecule has 0 aliphatic rings. The molecule has 0 aliphatic heterocycles. The van der Waals surface area contributed by atoms with Gasteiger partial charge >= 0.3 is 5.97 Å². The molecule has 0 radical (unpaired) electrons. The van der Waals surface area contributed by atoms with Crippen LogP contribution in [0, 0.1) is 0 Å². The Morgan fingerprint density at radius 1 is 1.25 bits per heavy atom. The van der Waals surface area contributed by atoms with E-state index in [2.05, 4.69) is 26.0 Å². The zero-order chi connectivity index (χ0) is 15.1. The van der Waals surface area contributed by atoms with Gasteiger partial charge in [0.25, 0.3) is 5.91 Å². The quantitative estimate of drug-likeness (QED) is 0.643. The van der Waals surface area contributed by atoms with Crippen molar-refractivity contribution in [2.24, 2.45) is 0 Å². The van der Waals surface area contributed by atoms with Gasteiger partial charge in [0.1, 0.15) is 6.54 Å². The summed E-state index contributed by atoms with van der Waals surface area (Å²) < 4.78 is 5.35. The lowest BCUT2D eigenvalue weighted by molar-refractivity contribution is -0.146. The Labute approximate surface area is 125 Å². The lowest BCUT2D eigenvalue weighted by Gasteiger charge is -2.20. The van der Waals surface area contributed by atoms with Crippen LogP contribution in [-0.4, -0.2) is 43.0 Å². The monoisotopic (exact) mass is 342 g/mol. The molecule has 1 rings (SSSR count). The minimum Gasteiger partial charge on any atom is -0.468 e. The van der Waals surface area contributed by atoms with Crippen molar-refractivity contribution >= 4 is 33.7 Å². The minimum absolute atomic E-state index is 0.0562. The fourth-order valence-electron chi connectivity index (χ4n) is 1.37. The summed E-state index contributed by atoms with van der Waals surface area (Å²) in [5, 5.41) is 2.57. The zero-order valence-electron chi connectivity index (χ0n) is 11.2. The van der Waals surface area contributed by atoms with E-state index in [4.69, 9.17) is 0 Å². The highest BCUT2D eigenvalue weighted by Gasteiger charge is 2.15. The van der Waals surface area contributed by atoms with E-state index in [9.17, 15) is 14.4 Å². The van der Waals surface area contributed by atoms with Crippen molar-refractivity contribution in [3.05, 3.63) is 34.3 Å². The highest BCUT2D eigenvalue weighted by atomic mass is 79.9. The Kier molecular flexibility index (Phi) is 6.17. The summed E-state index contributed by atoms with van der Waals surface area (Å²) in [5.41, 5.74) is 0.467. The van der Waals surface area contributed by atoms with Gasteiger partial charge in [-0.15, -0.1) is 0 Å². The lowest BCUT2D eigenvalue weighted by Crippen LogP contribution is -2.43. The van der Waals surface area contributed by atoms with E-state index in [1.165, 1.54) is 18.9 Å². The van der Waals surface area contributed by atoms with Crippen molar-refractivity contribution in [1.29, 1.82) is 0 Å². The maximum absolute atomic E-state index is 11.9. The van der Waals surface area contributed by atoms with Gasteiger partial charge in [-0.2, -0.15) is 0 Å². The molecule has 0 heterocycles. The summed E-state index contributed by atoms with van der Waals surface area (Å²) in [7, 11) is 1.24. The number of hydrogen-bond donors (Lipinski definition) is 1. The molecule has 20 heavy (non-hydrogen) atoms. The van der Waals surface area contributed by atoms with Crippen molar-refractivity contribution in [3.63, 3.8) is 0 Å². The average molecular weight is 343 g/mol. The van der Waals surface area contributed by atoms with Crippen molar-refractivity contribution < 1.29 is 19.1 Å². The topological polar surface area (TPSA) is 75.7 Å². The first-order valence-electron chi connectivity index (χ1n) is 5.80. The van der Waals surface area contributed by atoms with E-state index >= 15 is 0 Å². The summed E-state index contributed by atoms with van der Waals surface area (Å²) in [6.07, 6.45) is 0. The fourth-order valence-corrected chi connectivity index (χ4v) is 1.63. The van der Waals surface area contributed by atoms with Gasteiger partial charge in [-0.25, -0.2) is 0 Å². The average Bonchev–Trinajstić information content (AvgIpc) is 2.43. The van der Waals surface area contributed by atoms with Crippen LogP contribution in [0.25, 0.3) is 0 Å². The lowest BCUT2D eigenvalue weighted by atomic mass is 10.2. The van der Waals surface area contributed by atoms with E-state index < -0.39 is 5.97 Å². The van der Waals surface area contributed by atoms with Gasteiger partial charge in [0.05, 0.1) is 13.8 Å². The molecule has 7 heteroatoms. The molecule has 108 valence electrons. The molecule has 0 bridgehead atoms. The molecule has 6 nitrogen and oxygen atoms in total. The number of nitrogens with one attached hydrogen (secondary N) is 1. The first-order valence-corrected chi connectivity index (χ1v) is 6.59. The molecule has 0 saturated heterocycles. The maximum Gasteiger partial charge on any atom is 0.325 e. The van der Waals surface area contributed by atoms with Crippen molar-refractivity contribution in [3.8, 4) is 0 Å². The number of hydrogen-bond acceptors (Lipinski definition) is 4. The second kappa shape index (κ2) is 7.64. The van der Waals surface area contributed by atoms with E-state index in [0.717, 1.165) is 4.47 Å². The number of esters is 1. The van der Waals surface area contributed by atoms with E-state index in [0.29, 0.717) is 5.56 Å². The normalized spacial score (nSPS) is 9.75. The second-order valence-corrected chi connectivity index (χ2v) is 4.88. The molecular formula is C13H15BrN2O4. The van der Waals surface area contributed by atoms with E-state index in [1.807, 2.05) is 0 Å². The van der Waals surface area contributed by atoms with Gasteiger partial charge in [0, 0.05) is 17.0 Å². The number of benzene rings is 1.